The number of aromatic nitrogens is 1. The summed E-state index contributed by atoms with van der Waals surface area (Å²) in [5, 5.41) is 3.36. The maximum atomic E-state index is 11.4. The van der Waals surface area contributed by atoms with Crippen LogP contribution >= 0.6 is 11.6 Å². The monoisotopic (exact) mass is 186 g/mol. The molecule has 0 aliphatic carbocycles. The fourth-order valence-electron chi connectivity index (χ4n) is 1.01. The molecule has 0 radical (unpaired) electrons. The first-order chi connectivity index (χ1) is 5.69. The van der Waals surface area contributed by atoms with Gasteiger partial charge in [0.05, 0.1) is 5.02 Å². The van der Waals surface area contributed by atoms with Crippen molar-refractivity contribution < 1.29 is 0 Å². The molecule has 0 amide bonds. The van der Waals surface area contributed by atoms with E-state index < -0.39 is 0 Å². The van der Waals surface area contributed by atoms with Crippen molar-refractivity contribution in [3.05, 3.63) is 27.6 Å². The van der Waals surface area contributed by atoms with E-state index in [0.29, 0.717) is 17.3 Å². The van der Waals surface area contributed by atoms with Gasteiger partial charge < -0.3 is 9.88 Å². The fraction of sp³-hybridized carbons (Fsp3) is 0.375. The second-order valence-electron chi connectivity index (χ2n) is 2.41. The molecule has 0 unspecified atom stereocenters. The zero-order chi connectivity index (χ0) is 9.14. The quantitative estimate of drug-likeness (QED) is 0.761. The van der Waals surface area contributed by atoms with E-state index >= 15 is 0 Å². The average Bonchev–Trinajstić information content (AvgIpc) is 2.08. The van der Waals surface area contributed by atoms with Crippen LogP contribution in [0.3, 0.4) is 0 Å². The predicted molar refractivity (Wildman–Crippen MR) is 50.9 cm³/mol. The van der Waals surface area contributed by atoms with Gasteiger partial charge in [-0.3, -0.25) is 4.79 Å². The number of hydrogen-bond acceptors (Lipinski definition) is 2. The summed E-state index contributed by atoms with van der Waals surface area (Å²) in [7, 11) is 1.70. The topological polar surface area (TPSA) is 34.0 Å². The molecular weight excluding hydrogens is 176 g/mol. The molecule has 0 aliphatic heterocycles. The fourth-order valence-corrected chi connectivity index (χ4v) is 1.24. The number of nitrogens with one attached hydrogen (secondary N) is 1. The Bertz CT molecular complexity index is 304. The van der Waals surface area contributed by atoms with Crippen LogP contribution in [-0.4, -0.2) is 11.6 Å². The van der Waals surface area contributed by atoms with Gasteiger partial charge in [-0.1, -0.05) is 11.6 Å². The second kappa shape index (κ2) is 3.63. The molecule has 1 rings (SSSR count). The molecule has 0 saturated heterocycles. The number of hydrogen-bond donors (Lipinski definition) is 1. The summed E-state index contributed by atoms with van der Waals surface area (Å²) in [4.78, 5) is 11.4. The van der Waals surface area contributed by atoms with Crippen molar-refractivity contribution in [3.8, 4) is 0 Å². The van der Waals surface area contributed by atoms with Crippen molar-refractivity contribution in [2.24, 2.45) is 0 Å². The van der Waals surface area contributed by atoms with Crippen LogP contribution < -0.4 is 10.9 Å². The third-order valence-electron chi connectivity index (χ3n) is 1.66. The van der Waals surface area contributed by atoms with Crippen LogP contribution in [0.1, 0.15) is 6.92 Å². The van der Waals surface area contributed by atoms with Crippen molar-refractivity contribution >= 4 is 17.3 Å². The van der Waals surface area contributed by atoms with E-state index in [1.165, 1.54) is 0 Å². The first-order valence-corrected chi connectivity index (χ1v) is 4.14. The van der Waals surface area contributed by atoms with Gasteiger partial charge in [-0.2, -0.15) is 0 Å². The predicted octanol–water partition coefficient (Wildman–Crippen LogP) is 1.56. The van der Waals surface area contributed by atoms with Gasteiger partial charge >= 0.3 is 0 Å². The highest BCUT2D eigenvalue weighted by Gasteiger charge is 2.01. The highest BCUT2D eigenvalue weighted by molar-refractivity contribution is 6.30. The molecule has 0 aliphatic rings. The van der Waals surface area contributed by atoms with E-state index in [-0.39, 0.29) is 5.56 Å². The Hall–Kier alpha value is -0.960. The van der Waals surface area contributed by atoms with Crippen LogP contribution in [0, 0.1) is 0 Å². The molecule has 4 heteroatoms. The Balaban J connectivity index is 3.32. The molecule has 1 aromatic rings. The molecule has 0 aromatic carbocycles. The summed E-state index contributed by atoms with van der Waals surface area (Å²) in [5.74, 6) is 0. The zero-order valence-electron chi connectivity index (χ0n) is 7.10. The van der Waals surface area contributed by atoms with Gasteiger partial charge in [0, 0.05) is 19.8 Å². The summed E-state index contributed by atoms with van der Waals surface area (Å²) < 4.78 is 1.56. The summed E-state index contributed by atoms with van der Waals surface area (Å²) in [6.07, 6.45) is 1.63. The number of pyridine rings is 1. The van der Waals surface area contributed by atoms with Crippen molar-refractivity contribution in [1.82, 2.24) is 4.57 Å². The Morgan fingerprint density at radius 1 is 1.67 bits per heavy atom. The first kappa shape index (κ1) is 9.13. The number of aryl methyl sites for hydroxylation is 1. The largest absolute Gasteiger partial charge is 0.384 e. The van der Waals surface area contributed by atoms with Crippen LogP contribution in [-0.2, 0) is 6.54 Å². The van der Waals surface area contributed by atoms with Crippen LogP contribution in [0.2, 0.25) is 5.02 Å². The van der Waals surface area contributed by atoms with Gasteiger partial charge in [-0.15, -0.1) is 0 Å². The average molecular weight is 187 g/mol. The van der Waals surface area contributed by atoms with E-state index in [9.17, 15) is 4.79 Å². The van der Waals surface area contributed by atoms with Crippen molar-refractivity contribution in [2.45, 2.75) is 13.5 Å². The Labute approximate surface area is 76.0 Å². The van der Waals surface area contributed by atoms with Crippen molar-refractivity contribution in [1.29, 1.82) is 0 Å². The third kappa shape index (κ3) is 1.61. The standard InChI is InChI=1S/C8H11ClN2O/c1-3-11-5-6(9)4-7(10-2)8(11)12/h4-5,10H,3H2,1-2H3. The summed E-state index contributed by atoms with van der Waals surface area (Å²) in [6.45, 7) is 2.53. The smallest absolute Gasteiger partial charge is 0.273 e. The summed E-state index contributed by atoms with van der Waals surface area (Å²) in [5.41, 5.74) is 0.494. The molecule has 0 saturated carbocycles. The minimum atomic E-state index is -0.0376. The van der Waals surface area contributed by atoms with Gasteiger partial charge in [0.1, 0.15) is 5.69 Å². The molecule has 1 N–H and O–H groups in total. The van der Waals surface area contributed by atoms with Crippen LogP contribution in [0.15, 0.2) is 17.1 Å². The van der Waals surface area contributed by atoms with Gasteiger partial charge in [0.15, 0.2) is 0 Å². The van der Waals surface area contributed by atoms with Crippen LogP contribution in [0.5, 0.6) is 0 Å². The highest BCUT2D eigenvalue weighted by atomic mass is 35.5. The van der Waals surface area contributed by atoms with Gasteiger partial charge in [0.25, 0.3) is 5.56 Å². The van der Waals surface area contributed by atoms with E-state index in [1.54, 1.807) is 23.9 Å². The Morgan fingerprint density at radius 2 is 2.33 bits per heavy atom. The van der Waals surface area contributed by atoms with Crippen LogP contribution in [0.25, 0.3) is 0 Å². The van der Waals surface area contributed by atoms with Crippen LogP contribution in [0.4, 0.5) is 5.69 Å². The first-order valence-electron chi connectivity index (χ1n) is 3.76. The molecule has 0 fully saturated rings. The lowest BCUT2D eigenvalue weighted by atomic mass is 10.4. The van der Waals surface area contributed by atoms with E-state index in [0.717, 1.165) is 0 Å². The minimum Gasteiger partial charge on any atom is -0.384 e. The minimum absolute atomic E-state index is 0.0376. The van der Waals surface area contributed by atoms with E-state index in [2.05, 4.69) is 5.32 Å². The molecule has 0 atom stereocenters. The lowest BCUT2D eigenvalue weighted by Crippen LogP contribution is -2.21. The molecule has 1 heterocycles. The number of rotatable bonds is 2. The maximum Gasteiger partial charge on any atom is 0.273 e. The lowest BCUT2D eigenvalue weighted by Gasteiger charge is -2.05. The summed E-state index contributed by atoms with van der Waals surface area (Å²) in [6, 6.07) is 1.62. The second-order valence-corrected chi connectivity index (χ2v) is 2.85. The van der Waals surface area contributed by atoms with Gasteiger partial charge in [-0.05, 0) is 13.0 Å². The van der Waals surface area contributed by atoms with E-state index in [4.69, 9.17) is 11.6 Å². The normalized spacial score (nSPS) is 9.92. The SMILES string of the molecule is CCn1cc(Cl)cc(NC)c1=O. The van der Waals surface area contributed by atoms with Crippen molar-refractivity contribution in [3.63, 3.8) is 0 Å². The number of anilines is 1. The summed E-state index contributed by atoms with van der Waals surface area (Å²) >= 11 is 5.78. The van der Waals surface area contributed by atoms with Gasteiger partial charge in [0.2, 0.25) is 0 Å². The van der Waals surface area contributed by atoms with E-state index in [1.807, 2.05) is 6.92 Å². The zero-order valence-corrected chi connectivity index (χ0v) is 7.85. The third-order valence-corrected chi connectivity index (χ3v) is 1.87. The Morgan fingerprint density at radius 3 is 2.83 bits per heavy atom. The molecule has 3 nitrogen and oxygen atoms in total. The molecular formula is C8H11ClN2O. The number of nitrogens with zero attached hydrogens (tertiary/aromatic N) is 1. The van der Waals surface area contributed by atoms with Gasteiger partial charge in [-0.25, -0.2) is 0 Å². The molecule has 0 spiro atoms. The molecule has 66 valence electrons. The molecule has 0 bridgehead atoms. The lowest BCUT2D eigenvalue weighted by molar-refractivity contribution is 0.729. The molecule has 1 aromatic heterocycles. The highest BCUT2D eigenvalue weighted by Crippen LogP contribution is 2.09. The van der Waals surface area contributed by atoms with Crippen molar-refractivity contribution in [2.75, 3.05) is 12.4 Å². The molecule has 12 heavy (non-hydrogen) atoms. The Kier molecular flexibility index (Phi) is 2.76. The number of halogens is 1. The maximum absolute atomic E-state index is 11.4.